The summed E-state index contributed by atoms with van der Waals surface area (Å²) in [5.74, 6) is -2.15. The van der Waals surface area contributed by atoms with Crippen molar-refractivity contribution >= 4 is 12.0 Å². The molecule has 108 valence electrons. The van der Waals surface area contributed by atoms with Crippen LogP contribution in [0.1, 0.15) is 19.8 Å². The van der Waals surface area contributed by atoms with Crippen molar-refractivity contribution in [3.05, 3.63) is 12.7 Å². The van der Waals surface area contributed by atoms with Gasteiger partial charge in [0, 0.05) is 12.6 Å². The van der Waals surface area contributed by atoms with Crippen molar-refractivity contribution in [1.29, 1.82) is 0 Å². The summed E-state index contributed by atoms with van der Waals surface area (Å²) in [6, 6.07) is -1.20. The Labute approximate surface area is 108 Å². The number of carboxylic acids is 1. The largest absolute Gasteiger partial charge is 0.479 e. The molecule has 0 aromatic heterocycles. The molecule has 1 aliphatic carbocycles. The third-order valence-corrected chi connectivity index (χ3v) is 2.93. The predicted molar refractivity (Wildman–Crippen MR) is 60.6 cm³/mol. The van der Waals surface area contributed by atoms with E-state index in [4.69, 9.17) is 5.11 Å². The van der Waals surface area contributed by atoms with Crippen LogP contribution in [-0.4, -0.2) is 46.3 Å². The number of carboxylic acid groups (broad SMARTS) is 1. The highest BCUT2D eigenvalue weighted by atomic mass is 19.4. The molecular formula is C11H15F3N2O3. The van der Waals surface area contributed by atoms with Gasteiger partial charge < -0.3 is 15.3 Å². The zero-order chi connectivity index (χ0) is 14.8. The maximum absolute atomic E-state index is 12.7. The molecular weight excluding hydrogens is 265 g/mol. The van der Waals surface area contributed by atoms with Crippen LogP contribution < -0.4 is 5.32 Å². The summed E-state index contributed by atoms with van der Waals surface area (Å²) in [4.78, 5) is 23.7. The van der Waals surface area contributed by atoms with Gasteiger partial charge in [-0.15, -0.1) is 6.58 Å². The van der Waals surface area contributed by atoms with E-state index in [1.54, 1.807) is 5.32 Å². The Hall–Kier alpha value is -1.73. The van der Waals surface area contributed by atoms with Crippen molar-refractivity contribution in [3.63, 3.8) is 0 Å². The standard InChI is InChI=1S/C11H15F3N2O3/c1-3-6-16(7-4-5-7)9(19)15-10(2,8(17)18)11(12,13)14/h3,7H,1,4-6H2,2H3,(H,15,19)(H,17,18). The van der Waals surface area contributed by atoms with Gasteiger partial charge in [-0.1, -0.05) is 6.08 Å². The molecule has 2 amide bonds. The first kappa shape index (κ1) is 15.3. The monoisotopic (exact) mass is 280 g/mol. The third kappa shape index (κ3) is 3.18. The average molecular weight is 280 g/mol. The highest BCUT2D eigenvalue weighted by Crippen LogP contribution is 2.32. The van der Waals surface area contributed by atoms with Gasteiger partial charge in [-0.3, -0.25) is 0 Å². The van der Waals surface area contributed by atoms with Crippen LogP contribution in [0.25, 0.3) is 0 Å². The van der Waals surface area contributed by atoms with Crippen LogP contribution in [0.4, 0.5) is 18.0 Å². The maximum Gasteiger partial charge on any atom is 0.422 e. The zero-order valence-electron chi connectivity index (χ0n) is 10.3. The van der Waals surface area contributed by atoms with E-state index in [0.29, 0.717) is 19.8 Å². The number of aliphatic carboxylic acids is 1. The van der Waals surface area contributed by atoms with Gasteiger partial charge in [0.2, 0.25) is 5.54 Å². The quantitative estimate of drug-likeness (QED) is 0.754. The minimum atomic E-state index is -5.09. The second kappa shape index (κ2) is 5.10. The molecule has 1 aliphatic rings. The number of carbonyl (C=O) groups is 2. The number of halogens is 3. The fourth-order valence-electron chi connectivity index (χ4n) is 1.45. The van der Waals surface area contributed by atoms with E-state index in [1.165, 1.54) is 6.08 Å². The van der Waals surface area contributed by atoms with E-state index in [9.17, 15) is 22.8 Å². The molecule has 5 nitrogen and oxygen atoms in total. The molecule has 0 aliphatic heterocycles. The summed E-state index contributed by atoms with van der Waals surface area (Å²) in [6.07, 6.45) is -2.32. The van der Waals surface area contributed by atoms with E-state index in [-0.39, 0.29) is 12.6 Å². The van der Waals surface area contributed by atoms with Crippen molar-refractivity contribution in [2.24, 2.45) is 0 Å². The van der Waals surface area contributed by atoms with Gasteiger partial charge in [-0.25, -0.2) is 9.59 Å². The first-order valence-electron chi connectivity index (χ1n) is 5.63. The normalized spacial score (nSPS) is 18.3. The fourth-order valence-corrected chi connectivity index (χ4v) is 1.45. The van der Waals surface area contributed by atoms with Crippen LogP contribution in [-0.2, 0) is 4.79 Å². The van der Waals surface area contributed by atoms with Gasteiger partial charge in [0.05, 0.1) is 0 Å². The van der Waals surface area contributed by atoms with Crippen LogP contribution in [0.5, 0.6) is 0 Å². The Balaban J connectivity index is 2.87. The molecule has 0 heterocycles. The van der Waals surface area contributed by atoms with E-state index >= 15 is 0 Å². The molecule has 0 spiro atoms. The molecule has 0 radical (unpaired) electrons. The Morgan fingerprint density at radius 2 is 2.00 bits per heavy atom. The predicted octanol–water partition coefficient (Wildman–Crippen LogP) is 1.75. The van der Waals surface area contributed by atoms with Gasteiger partial charge in [-0.05, 0) is 19.8 Å². The van der Waals surface area contributed by atoms with Gasteiger partial charge in [0.25, 0.3) is 0 Å². The summed E-state index contributed by atoms with van der Waals surface area (Å²) >= 11 is 0. The van der Waals surface area contributed by atoms with E-state index in [0.717, 1.165) is 4.90 Å². The lowest BCUT2D eigenvalue weighted by Crippen LogP contribution is -2.64. The molecule has 19 heavy (non-hydrogen) atoms. The molecule has 0 saturated heterocycles. The number of alkyl halides is 3. The zero-order valence-corrected chi connectivity index (χ0v) is 10.3. The second-order valence-electron chi connectivity index (χ2n) is 4.53. The summed E-state index contributed by atoms with van der Waals surface area (Å²) in [7, 11) is 0. The number of carbonyl (C=O) groups excluding carboxylic acids is 1. The molecule has 1 fully saturated rings. The molecule has 1 saturated carbocycles. The lowest BCUT2D eigenvalue weighted by atomic mass is 10.0. The molecule has 0 aromatic carbocycles. The Kier molecular flexibility index (Phi) is 4.12. The second-order valence-corrected chi connectivity index (χ2v) is 4.53. The topological polar surface area (TPSA) is 69.6 Å². The van der Waals surface area contributed by atoms with Gasteiger partial charge >= 0.3 is 18.2 Å². The molecule has 0 aromatic rings. The SMILES string of the molecule is C=CCN(C(=O)NC(C)(C(=O)O)C(F)(F)F)C1CC1. The highest BCUT2D eigenvalue weighted by Gasteiger charge is 2.59. The number of amides is 2. The molecule has 8 heteroatoms. The van der Waals surface area contributed by atoms with Crippen molar-refractivity contribution in [2.75, 3.05) is 6.54 Å². The van der Waals surface area contributed by atoms with Gasteiger partial charge in [0.15, 0.2) is 0 Å². The lowest BCUT2D eigenvalue weighted by Gasteiger charge is -2.31. The molecule has 1 unspecified atom stereocenters. The van der Waals surface area contributed by atoms with Crippen molar-refractivity contribution in [1.82, 2.24) is 10.2 Å². The Morgan fingerprint density at radius 1 is 1.47 bits per heavy atom. The Morgan fingerprint density at radius 3 is 2.32 bits per heavy atom. The average Bonchev–Trinajstić information content (AvgIpc) is 3.07. The van der Waals surface area contributed by atoms with Crippen molar-refractivity contribution < 1.29 is 27.9 Å². The summed E-state index contributed by atoms with van der Waals surface area (Å²) in [5.41, 5.74) is -3.31. The van der Waals surface area contributed by atoms with Crippen LogP contribution >= 0.6 is 0 Å². The Bertz CT molecular complexity index is 393. The molecule has 0 bridgehead atoms. The van der Waals surface area contributed by atoms with Gasteiger partial charge in [-0.2, -0.15) is 13.2 Å². The van der Waals surface area contributed by atoms with Gasteiger partial charge in [0.1, 0.15) is 0 Å². The van der Waals surface area contributed by atoms with Crippen LogP contribution in [0.15, 0.2) is 12.7 Å². The maximum atomic E-state index is 12.7. The first-order valence-corrected chi connectivity index (χ1v) is 5.63. The van der Waals surface area contributed by atoms with E-state index in [1.807, 2.05) is 0 Å². The van der Waals surface area contributed by atoms with E-state index in [2.05, 4.69) is 6.58 Å². The fraction of sp³-hybridized carbons (Fsp3) is 0.636. The lowest BCUT2D eigenvalue weighted by molar-refractivity contribution is -0.203. The molecule has 2 N–H and O–H groups in total. The van der Waals surface area contributed by atoms with Crippen LogP contribution in [0.2, 0.25) is 0 Å². The number of rotatable bonds is 5. The minimum absolute atomic E-state index is 0.0735. The smallest absolute Gasteiger partial charge is 0.422 e. The highest BCUT2D eigenvalue weighted by molar-refractivity contribution is 5.87. The summed E-state index contributed by atoms with van der Waals surface area (Å²) < 4.78 is 38.2. The summed E-state index contributed by atoms with van der Waals surface area (Å²) in [6.45, 7) is 3.91. The van der Waals surface area contributed by atoms with E-state index < -0.39 is 23.7 Å². The number of nitrogens with zero attached hydrogens (tertiary/aromatic N) is 1. The molecule has 1 atom stereocenters. The third-order valence-electron chi connectivity index (χ3n) is 2.93. The number of urea groups is 1. The van der Waals surface area contributed by atoms with Crippen LogP contribution in [0.3, 0.4) is 0 Å². The molecule has 1 rings (SSSR count). The van der Waals surface area contributed by atoms with Crippen LogP contribution in [0, 0.1) is 0 Å². The van der Waals surface area contributed by atoms with Crippen molar-refractivity contribution in [3.8, 4) is 0 Å². The first-order chi connectivity index (χ1) is 8.63. The number of hydrogen-bond acceptors (Lipinski definition) is 2. The summed E-state index contributed by atoms with van der Waals surface area (Å²) in [5, 5.41) is 10.3. The number of nitrogens with one attached hydrogen (secondary N) is 1. The number of hydrogen-bond donors (Lipinski definition) is 2. The van der Waals surface area contributed by atoms with Crippen molar-refractivity contribution in [2.45, 2.75) is 37.5 Å². The minimum Gasteiger partial charge on any atom is -0.479 e.